The van der Waals surface area contributed by atoms with Crippen LogP contribution in [0.5, 0.6) is 11.5 Å². The van der Waals surface area contributed by atoms with E-state index in [0.717, 1.165) is 24.6 Å². The smallest absolute Gasteiger partial charge is 0.257 e. The quantitative estimate of drug-likeness (QED) is 0.869. The molecule has 0 spiro atoms. The van der Waals surface area contributed by atoms with Gasteiger partial charge in [-0.3, -0.25) is 4.79 Å². The van der Waals surface area contributed by atoms with E-state index in [4.69, 9.17) is 4.74 Å². The van der Waals surface area contributed by atoms with E-state index >= 15 is 0 Å². The predicted octanol–water partition coefficient (Wildman–Crippen LogP) is 1.59. The number of amides is 1. The van der Waals surface area contributed by atoms with E-state index < -0.39 is 0 Å². The fourth-order valence-corrected chi connectivity index (χ4v) is 2.66. The molecule has 0 aromatic heterocycles. The molecule has 1 aromatic carbocycles. The van der Waals surface area contributed by atoms with E-state index in [1.165, 1.54) is 13.2 Å². The number of ether oxygens (including phenoxy) is 1. The number of carbonyl (C=O) groups is 1. The summed E-state index contributed by atoms with van der Waals surface area (Å²) in [4.78, 5) is 13.9. The first-order valence-electron chi connectivity index (χ1n) is 5.46. The molecule has 4 nitrogen and oxygen atoms in total. The number of phenolic OH excluding ortho intramolecular Hbond substituents is 1. The first-order valence-corrected chi connectivity index (χ1v) is 6.62. The fraction of sp³-hybridized carbons (Fsp3) is 0.417. The number of aromatic hydroxyl groups is 1. The van der Waals surface area contributed by atoms with Crippen molar-refractivity contribution in [1.82, 2.24) is 4.90 Å². The molecule has 1 amide bonds. The molecule has 1 aromatic rings. The Morgan fingerprint density at radius 2 is 2.12 bits per heavy atom. The lowest BCUT2D eigenvalue weighted by Crippen LogP contribution is -2.37. The molecule has 0 aliphatic carbocycles. The van der Waals surface area contributed by atoms with Crippen LogP contribution in [0.1, 0.15) is 10.4 Å². The number of thioether (sulfide) groups is 1. The number of carbonyl (C=O) groups excluding carboxylic acids is 1. The third kappa shape index (κ3) is 2.66. The molecule has 0 saturated carbocycles. The first-order chi connectivity index (χ1) is 8.22. The summed E-state index contributed by atoms with van der Waals surface area (Å²) < 4.78 is 4.99. The second-order valence-corrected chi connectivity index (χ2v) is 5.01. The van der Waals surface area contributed by atoms with Crippen LogP contribution >= 0.6 is 11.8 Å². The number of benzene rings is 1. The average molecular weight is 253 g/mol. The Labute approximate surface area is 105 Å². The summed E-state index contributed by atoms with van der Waals surface area (Å²) in [6, 6.07) is 4.76. The van der Waals surface area contributed by atoms with Gasteiger partial charge in [0.05, 0.1) is 12.7 Å². The van der Waals surface area contributed by atoms with Gasteiger partial charge >= 0.3 is 0 Å². The van der Waals surface area contributed by atoms with E-state index in [0.29, 0.717) is 11.3 Å². The molecule has 17 heavy (non-hydrogen) atoms. The van der Waals surface area contributed by atoms with E-state index in [9.17, 15) is 9.90 Å². The summed E-state index contributed by atoms with van der Waals surface area (Å²) in [5.74, 6) is 2.34. The maximum atomic E-state index is 12.1. The largest absolute Gasteiger partial charge is 0.507 e. The number of hydrogen-bond acceptors (Lipinski definition) is 4. The van der Waals surface area contributed by atoms with Crippen LogP contribution in [0, 0.1) is 0 Å². The van der Waals surface area contributed by atoms with Crippen molar-refractivity contribution >= 4 is 17.7 Å². The summed E-state index contributed by atoms with van der Waals surface area (Å²) in [6.07, 6.45) is 0. The average Bonchev–Trinajstić information content (AvgIpc) is 2.39. The lowest BCUT2D eigenvalue weighted by atomic mass is 10.1. The number of hydrogen-bond donors (Lipinski definition) is 1. The van der Waals surface area contributed by atoms with Crippen molar-refractivity contribution in [2.24, 2.45) is 0 Å². The van der Waals surface area contributed by atoms with Crippen LogP contribution in [0.25, 0.3) is 0 Å². The molecule has 1 heterocycles. The monoisotopic (exact) mass is 253 g/mol. The molecule has 0 unspecified atom stereocenters. The summed E-state index contributed by atoms with van der Waals surface area (Å²) >= 11 is 1.85. The van der Waals surface area contributed by atoms with Crippen molar-refractivity contribution in [3.8, 4) is 11.5 Å². The molecule has 5 heteroatoms. The number of phenols is 1. The van der Waals surface area contributed by atoms with Gasteiger partial charge in [-0.15, -0.1) is 0 Å². The molecule has 1 fully saturated rings. The lowest BCUT2D eigenvalue weighted by molar-refractivity contribution is 0.0769. The molecule has 0 bridgehead atoms. The first kappa shape index (κ1) is 12.1. The Balaban J connectivity index is 2.18. The van der Waals surface area contributed by atoms with Crippen LogP contribution in [-0.2, 0) is 0 Å². The minimum Gasteiger partial charge on any atom is -0.507 e. The molecule has 0 atom stereocenters. The molecular weight excluding hydrogens is 238 g/mol. The summed E-state index contributed by atoms with van der Waals surface area (Å²) in [5, 5.41) is 9.79. The molecule has 1 aliphatic rings. The van der Waals surface area contributed by atoms with Gasteiger partial charge in [-0.1, -0.05) is 0 Å². The van der Waals surface area contributed by atoms with Gasteiger partial charge in [0, 0.05) is 30.7 Å². The zero-order valence-corrected chi connectivity index (χ0v) is 10.5. The van der Waals surface area contributed by atoms with Crippen LogP contribution in [0.15, 0.2) is 18.2 Å². The highest BCUT2D eigenvalue weighted by Gasteiger charge is 2.21. The van der Waals surface area contributed by atoms with Crippen molar-refractivity contribution in [2.45, 2.75) is 0 Å². The normalized spacial score (nSPS) is 15.7. The molecule has 0 radical (unpaired) electrons. The van der Waals surface area contributed by atoms with Gasteiger partial charge in [0.1, 0.15) is 11.5 Å². The summed E-state index contributed by atoms with van der Waals surface area (Å²) in [5.41, 5.74) is 0.345. The highest BCUT2D eigenvalue weighted by Crippen LogP contribution is 2.25. The highest BCUT2D eigenvalue weighted by atomic mass is 32.2. The third-order valence-electron chi connectivity index (χ3n) is 2.73. The number of methoxy groups -OCH3 is 1. The van der Waals surface area contributed by atoms with Crippen LogP contribution in [0.3, 0.4) is 0 Å². The van der Waals surface area contributed by atoms with Gasteiger partial charge in [-0.05, 0) is 12.1 Å². The molecule has 1 N–H and O–H groups in total. The fourth-order valence-electron chi connectivity index (χ4n) is 1.76. The van der Waals surface area contributed by atoms with Crippen molar-refractivity contribution in [3.63, 3.8) is 0 Å². The maximum Gasteiger partial charge on any atom is 0.257 e. The van der Waals surface area contributed by atoms with Gasteiger partial charge in [0.15, 0.2) is 0 Å². The Bertz CT molecular complexity index is 416. The Hall–Kier alpha value is -1.36. The molecular formula is C12H15NO3S. The minimum absolute atomic E-state index is 0.0208. The van der Waals surface area contributed by atoms with Gasteiger partial charge < -0.3 is 14.7 Å². The highest BCUT2D eigenvalue weighted by molar-refractivity contribution is 7.99. The van der Waals surface area contributed by atoms with E-state index in [1.807, 2.05) is 11.8 Å². The number of rotatable bonds is 2. The predicted molar refractivity (Wildman–Crippen MR) is 67.9 cm³/mol. The zero-order chi connectivity index (χ0) is 12.3. The molecule has 1 aliphatic heterocycles. The topological polar surface area (TPSA) is 49.8 Å². The van der Waals surface area contributed by atoms with E-state index in [2.05, 4.69) is 0 Å². The van der Waals surface area contributed by atoms with Crippen LogP contribution in [0.2, 0.25) is 0 Å². The van der Waals surface area contributed by atoms with Gasteiger partial charge in [-0.25, -0.2) is 0 Å². The number of nitrogens with zero attached hydrogens (tertiary/aromatic N) is 1. The molecule has 2 rings (SSSR count). The van der Waals surface area contributed by atoms with E-state index in [1.54, 1.807) is 17.0 Å². The van der Waals surface area contributed by atoms with Gasteiger partial charge in [0.2, 0.25) is 0 Å². The Kier molecular flexibility index (Phi) is 3.78. The van der Waals surface area contributed by atoms with Crippen molar-refractivity contribution in [2.75, 3.05) is 31.7 Å². The van der Waals surface area contributed by atoms with Crippen molar-refractivity contribution in [1.29, 1.82) is 0 Å². The standard InChI is InChI=1S/C12H15NO3S/c1-16-9-2-3-10(11(14)8-9)12(15)13-4-6-17-7-5-13/h2-3,8,14H,4-7H2,1H3. The minimum atomic E-state index is -0.106. The zero-order valence-electron chi connectivity index (χ0n) is 9.68. The van der Waals surface area contributed by atoms with Crippen molar-refractivity contribution < 1.29 is 14.6 Å². The summed E-state index contributed by atoms with van der Waals surface area (Å²) in [6.45, 7) is 1.49. The van der Waals surface area contributed by atoms with Gasteiger partial charge in [0.25, 0.3) is 5.91 Å². The Morgan fingerprint density at radius 1 is 1.41 bits per heavy atom. The summed E-state index contributed by atoms with van der Waals surface area (Å²) in [7, 11) is 1.53. The van der Waals surface area contributed by atoms with Crippen molar-refractivity contribution in [3.05, 3.63) is 23.8 Å². The second kappa shape index (κ2) is 5.31. The van der Waals surface area contributed by atoms with Gasteiger partial charge in [-0.2, -0.15) is 11.8 Å². The SMILES string of the molecule is COc1ccc(C(=O)N2CCSCC2)c(O)c1. The maximum absolute atomic E-state index is 12.1. The van der Waals surface area contributed by atoms with Crippen LogP contribution in [-0.4, -0.2) is 47.6 Å². The molecule has 92 valence electrons. The third-order valence-corrected chi connectivity index (χ3v) is 3.68. The Morgan fingerprint density at radius 3 is 2.71 bits per heavy atom. The second-order valence-electron chi connectivity index (χ2n) is 3.79. The van der Waals surface area contributed by atoms with Crippen LogP contribution in [0.4, 0.5) is 0 Å². The van der Waals surface area contributed by atoms with E-state index in [-0.39, 0.29) is 11.7 Å². The lowest BCUT2D eigenvalue weighted by Gasteiger charge is -2.26. The molecule has 1 saturated heterocycles. The van der Waals surface area contributed by atoms with Crippen LogP contribution < -0.4 is 4.74 Å².